The molecule has 1 saturated carbocycles. The zero-order valence-corrected chi connectivity index (χ0v) is 13.2. The minimum absolute atomic E-state index is 0.0120. The fraction of sp³-hybridized carbons (Fsp3) is 0.692. The summed E-state index contributed by atoms with van der Waals surface area (Å²) in [6.45, 7) is 0.762. The molecule has 1 aromatic heterocycles. The molecule has 0 spiro atoms. The van der Waals surface area contributed by atoms with Gasteiger partial charge in [-0.1, -0.05) is 0 Å². The molecular formula is C13H18BrN3OS. The number of hydrogen-bond acceptors (Lipinski definition) is 4. The number of rotatable bonds is 4. The van der Waals surface area contributed by atoms with E-state index >= 15 is 0 Å². The van der Waals surface area contributed by atoms with Gasteiger partial charge in [-0.25, -0.2) is 4.68 Å². The van der Waals surface area contributed by atoms with Gasteiger partial charge in [0.05, 0.1) is 11.9 Å². The number of hydrogen-bond donors (Lipinski definition) is 1. The van der Waals surface area contributed by atoms with Gasteiger partial charge in [0.1, 0.15) is 4.47 Å². The quantitative estimate of drug-likeness (QED) is 0.912. The molecule has 19 heavy (non-hydrogen) atoms. The van der Waals surface area contributed by atoms with E-state index < -0.39 is 0 Å². The Bertz CT molecular complexity index is 509. The van der Waals surface area contributed by atoms with Gasteiger partial charge in [0.25, 0.3) is 5.56 Å². The summed E-state index contributed by atoms with van der Waals surface area (Å²) in [7, 11) is 0. The SMILES string of the molecule is O=c1c(Br)c(NC2CCSCC2)cnn1CC1CC1. The molecule has 1 aliphatic heterocycles. The number of aromatic nitrogens is 2. The molecule has 1 aromatic rings. The lowest BCUT2D eigenvalue weighted by Gasteiger charge is -2.24. The normalized spacial score (nSPS) is 20.5. The van der Waals surface area contributed by atoms with Crippen LogP contribution < -0.4 is 10.9 Å². The van der Waals surface area contributed by atoms with Crippen molar-refractivity contribution in [2.24, 2.45) is 5.92 Å². The lowest BCUT2D eigenvalue weighted by molar-refractivity contribution is 0.531. The maximum atomic E-state index is 12.2. The lowest BCUT2D eigenvalue weighted by atomic mass is 10.1. The largest absolute Gasteiger partial charge is 0.380 e. The van der Waals surface area contributed by atoms with E-state index in [0.717, 1.165) is 25.1 Å². The van der Waals surface area contributed by atoms with Crippen LogP contribution in [0.2, 0.25) is 0 Å². The van der Waals surface area contributed by atoms with Crippen LogP contribution in [0.15, 0.2) is 15.5 Å². The topological polar surface area (TPSA) is 46.9 Å². The number of halogens is 1. The Labute approximate surface area is 125 Å². The zero-order chi connectivity index (χ0) is 13.2. The summed E-state index contributed by atoms with van der Waals surface area (Å²) in [5.74, 6) is 3.05. The maximum absolute atomic E-state index is 12.2. The molecule has 0 amide bonds. The van der Waals surface area contributed by atoms with Crippen LogP contribution in [-0.2, 0) is 6.54 Å². The molecule has 0 aromatic carbocycles. The van der Waals surface area contributed by atoms with Gasteiger partial charge in [-0.05, 0) is 59.0 Å². The number of thioether (sulfide) groups is 1. The van der Waals surface area contributed by atoms with E-state index in [1.54, 1.807) is 10.9 Å². The molecule has 104 valence electrons. The first-order chi connectivity index (χ1) is 9.24. The van der Waals surface area contributed by atoms with Crippen LogP contribution >= 0.6 is 27.7 Å². The molecule has 0 bridgehead atoms. The van der Waals surface area contributed by atoms with Crippen molar-refractivity contribution in [2.45, 2.75) is 38.3 Å². The fourth-order valence-electron chi connectivity index (χ4n) is 2.30. The predicted octanol–water partition coefficient (Wildman–Crippen LogP) is 2.72. The van der Waals surface area contributed by atoms with E-state index in [9.17, 15) is 4.79 Å². The van der Waals surface area contributed by atoms with Crippen LogP contribution in [0.25, 0.3) is 0 Å². The van der Waals surface area contributed by atoms with Gasteiger partial charge in [-0.15, -0.1) is 0 Å². The van der Waals surface area contributed by atoms with Crippen molar-refractivity contribution in [3.63, 3.8) is 0 Å². The Hall–Kier alpha value is -0.490. The molecule has 0 unspecified atom stereocenters. The smallest absolute Gasteiger partial charge is 0.283 e. The Kier molecular flexibility index (Phi) is 4.17. The van der Waals surface area contributed by atoms with Gasteiger partial charge >= 0.3 is 0 Å². The average Bonchev–Trinajstić information content (AvgIpc) is 3.24. The van der Waals surface area contributed by atoms with Gasteiger partial charge in [-0.2, -0.15) is 16.9 Å². The first-order valence-corrected chi connectivity index (χ1v) is 8.78. The van der Waals surface area contributed by atoms with Crippen molar-refractivity contribution < 1.29 is 0 Å². The fourth-order valence-corrected chi connectivity index (χ4v) is 3.83. The minimum Gasteiger partial charge on any atom is -0.380 e. The molecule has 0 radical (unpaired) electrons. The van der Waals surface area contributed by atoms with Crippen LogP contribution in [0.4, 0.5) is 5.69 Å². The van der Waals surface area contributed by atoms with E-state index in [1.807, 2.05) is 11.8 Å². The number of anilines is 1. The molecule has 2 fully saturated rings. The summed E-state index contributed by atoms with van der Waals surface area (Å²) in [5, 5.41) is 7.74. The predicted molar refractivity (Wildman–Crippen MR) is 82.9 cm³/mol. The van der Waals surface area contributed by atoms with Gasteiger partial charge in [0.2, 0.25) is 0 Å². The van der Waals surface area contributed by atoms with Crippen molar-refractivity contribution in [3.8, 4) is 0 Å². The lowest BCUT2D eigenvalue weighted by Crippen LogP contribution is -2.29. The summed E-state index contributed by atoms with van der Waals surface area (Å²) >= 11 is 5.43. The second-order valence-corrected chi connectivity index (χ2v) is 7.35. The van der Waals surface area contributed by atoms with Crippen LogP contribution in [-0.4, -0.2) is 27.3 Å². The summed E-state index contributed by atoms with van der Waals surface area (Å²) in [4.78, 5) is 12.2. The third kappa shape index (κ3) is 3.34. The van der Waals surface area contributed by atoms with E-state index in [4.69, 9.17) is 0 Å². The monoisotopic (exact) mass is 343 g/mol. The summed E-state index contributed by atoms with van der Waals surface area (Å²) < 4.78 is 2.21. The Balaban J connectivity index is 1.74. The first kappa shape index (κ1) is 13.5. The van der Waals surface area contributed by atoms with Gasteiger partial charge < -0.3 is 5.32 Å². The number of nitrogens with one attached hydrogen (secondary N) is 1. The highest BCUT2D eigenvalue weighted by molar-refractivity contribution is 9.10. The van der Waals surface area contributed by atoms with Gasteiger partial charge in [0, 0.05) is 12.6 Å². The van der Waals surface area contributed by atoms with Crippen LogP contribution in [0.1, 0.15) is 25.7 Å². The van der Waals surface area contributed by atoms with E-state index in [1.165, 1.54) is 24.3 Å². The highest BCUT2D eigenvalue weighted by atomic mass is 79.9. The maximum Gasteiger partial charge on any atom is 0.283 e. The minimum atomic E-state index is -0.0120. The summed E-state index contributed by atoms with van der Waals surface area (Å²) in [5.41, 5.74) is 0.830. The van der Waals surface area contributed by atoms with Crippen molar-refractivity contribution in [2.75, 3.05) is 16.8 Å². The van der Waals surface area contributed by atoms with Crippen LogP contribution in [0, 0.1) is 5.92 Å². The van der Waals surface area contributed by atoms with Gasteiger partial charge in [-0.3, -0.25) is 4.79 Å². The first-order valence-electron chi connectivity index (χ1n) is 6.84. The average molecular weight is 344 g/mol. The van der Waals surface area contributed by atoms with Gasteiger partial charge in [0.15, 0.2) is 0 Å². The molecule has 0 atom stereocenters. The van der Waals surface area contributed by atoms with Crippen molar-refractivity contribution in [1.82, 2.24) is 9.78 Å². The molecule has 6 heteroatoms. The Morgan fingerprint density at radius 3 is 2.79 bits per heavy atom. The molecule has 1 aliphatic carbocycles. The van der Waals surface area contributed by atoms with E-state index in [2.05, 4.69) is 26.3 Å². The zero-order valence-electron chi connectivity index (χ0n) is 10.8. The molecule has 1 N–H and O–H groups in total. The van der Waals surface area contributed by atoms with Crippen molar-refractivity contribution in [1.29, 1.82) is 0 Å². The third-order valence-electron chi connectivity index (χ3n) is 3.69. The van der Waals surface area contributed by atoms with Crippen molar-refractivity contribution >= 4 is 33.4 Å². The standard InChI is InChI=1S/C13H18BrN3OS/c14-12-11(16-10-3-5-19-6-4-10)7-15-17(13(12)18)8-9-1-2-9/h7,9-10,16H,1-6,8H2. The Morgan fingerprint density at radius 1 is 1.37 bits per heavy atom. The second-order valence-electron chi connectivity index (χ2n) is 5.33. The van der Waals surface area contributed by atoms with E-state index in [-0.39, 0.29) is 5.56 Å². The third-order valence-corrected chi connectivity index (χ3v) is 5.51. The molecule has 2 heterocycles. The highest BCUT2D eigenvalue weighted by Crippen LogP contribution is 2.30. The molecule has 1 saturated heterocycles. The summed E-state index contributed by atoms with van der Waals surface area (Å²) in [6, 6.07) is 0.470. The summed E-state index contributed by atoms with van der Waals surface area (Å²) in [6.07, 6.45) is 6.55. The second kappa shape index (κ2) is 5.87. The van der Waals surface area contributed by atoms with Crippen LogP contribution in [0.5, 0.6) is 0 Å². The number of nitrogens with zero attached hydrogens (tertiary/aromatic N) is 2. The molecule has 4 nitrogen and oxygen atoms in total. The highest BCUT2D eigenvalue weighted by Gasteiger charge is 2.23. The molecule has 2 aliphatic rings. The van der Waals surface area contributed by atoms with Crippen LogP contribution in [0.3, 0.4) is 0 Å². The van der Waals surface area contributed by atoms with E-state index in [0.29, 0.717) is 16.4 Å². The Morgan fingerprint density at radius 2 is 2.11 bits per heavy atom. The van der Waals surface area contributed by atoms with Crippen molar-refractivity contribution in [3.05, 3.63) is 21.0 Å². The molecular weight excluding hydrogens is 326 g/mol. The molecule has 3 rings (SSSR count).